The molecule has 0 aromatic carbocycles. The summed E-state index contributed by atoms with van der Waals surface area (Å²) in [5.41, 5.74) is 0. The molecule has 2 unspecified atom stereocenters. The molecule has 0 aromatic rings. The standard InChI is InChI=1S/C5H13O4PS/c1-4(5(2)11-3)9-10(6,7)8/h4-5H,1-3H3,(H2,6,7,8). The van der Waals surface area contributed by atoms with Crippen LogP contribution in [0.25, 0.3) is 0 Å². The van der Waals surface area contributed by atoms with Crippen molar-refractivity contribution in [2.45, 2.75) is 25.2 Å². The Kier molecular flexibility index (Phi) is 4.66. The zero-order valence-electron chi connectivity index (χ0n) is 6.72. The molecule has 0 amide bonds. The van der Waals surface area contributed by atoms with E-state index < -0.39 is 13.9 Å². The van der Waals surface area contributed by atoms with E-state index in [0.29, 0.717) is 0 Å². The maximum Gasteiger partial charge on any atom is 0.469 e. The first-order chi connectivity index (χ1) is 4.87. The minimum atomic E-state index is -4.30. The van der Waals surface area contributed by atoms with Crippen molar-refractivity contribution in [1.29, 1.82) is 0 Å². The van der Waals surface area contributed by atoms with Crippen molar-refractivity contribution in [3.05, 3.63) is 0 Å². The van der Waals surface area contributed by atoms with Gasteiger partial charge in [-0.2, -0.15) is 11.8 Å². The summed E-state index contributed by atoms with van der Waals surface area (Å²) in [4.78, 5) is 16.8. The van der Waals surface area contributed by atoms with E-state index in [1.807, 2.05) is 13.2 Å². The smallest absolute Gasteiger partial charge is 0.303 e. The van der Waals surface area contributed by atoms with Gasteiger partial charge in [-0.05, 0) is 13.2 Å². The molecule has 0 fully saturated rings. The van der Waals surface area contributed by atoms with Crippen LogP contribution in [0.3, 0.4) is 0 Å². The Labute approximate surface area is 70.6 Å². The topological polar surface area (TPSA) is 66.8 Å². The molecule has 0 aliphatic carbocycles. The summed E-state index contributed by atoms with van der Waals surface area (Å²) >= 11 is 1.51. The highest BCUT2D eigenvalue weighted by Crippen LogP contribution is 2.39. The number of phosphoric ester groups is 1. The fraction of sp³-hybridized carbons (Fsp3) is 1.00. The van der Waals surface area contributed by atoms with E-state index in [9.17, 15) is 4.57 Å². The van der Waals surface area contributed by atoms with Crippen molar-refractivity contribution in [1.82, 2.24) is 0 Å². The van der Waals surface area contributed by atoms with Gasteiger partial charge in [0.15, 0.2) is 0 Å². The molecule has 11 heavy (non-hydrogen) atoms. The van der Waals surface area contributed by atoms with Crippen molar-refractivity contribution < 1.29 is 18.9 Å². The third-order valence-corrected chi connectivity index (χ3v) is 3.07. The third-order valence-electron chi connectivity index (χ3n) is 1.34. The zero-order chi connectivity index (χ0) is 9.07. The van der Waals surface area contributed by atoms with Crippen LogP contribution in [0.1, 0.15) is 13.8 Å². The minimum Gasteiger partial charge on any atom is -0.303 e. The zero-order valence-corrected chi connectivity index (χ0v) is 8.43. The predicted octanol–water partition coefficient (Wildman–Crippen LogP) is 1.24. The second kappa shape index (κ2) is 4.48. The fourth-order valence-corrected chi connectivity index (χ4v) is 1.63. The molecule has 0 saturated heterocycles. The molecule has 6 heteroatoms. The second-order valence-corrected chi connectivity index (χ2v) is 4.65. The average Bonchev–Trinajstić information content (AvgIpc) is 1.82. The highest BCUT2D eigenvalue weighted by atomic mass is 32.2. The number of phosphoric acid groups is 1. The first kappa shape index (κ1) is 11.5. The molecular weight excluding hydrogens is 187 g/mol. The maximum atomic E-state index is 10.3. The average molecular weight is 200 g/mol. The molecule has 4 nitrogen and oxygen atoms in total. The van der Waals surface area contributed by atoms with Gasteiger partial charge in [0.05, 0.1) is 6.10 Å². The number of hydrogen-bond acceptors (Lipinski definition) is 3. The van der Waals surface area contributed by atoms with Gasteiger partial charge < -0.3 is 9.79 Å². The summed E-state index contributed by atoms with van der Waals surface area (Å²) in [5, 5.41) is 0.0858. The summed E-state index contributed by atoms with van der Waals surface area (Å²) < 4.78 is 14.8. The van der Waals surface area contributed by atoms with Crippen LogP contribution in [0.15, 0.2) is 0 Å². The first-order valence-corrected chi connectivity index (χ1v) is 5.95. The number of hydrogen-bond donors (Lipinski definition) is 2. The van der Waals surface area contributed by atoms with Crippen molar-refractivity contribution >= 4 is 19.6 Å². The predicted molar refractivity (Wildman–Crippen MR) is 45.6 cm³/mol. The summed E-state index contributed by atoms with van der Waals surface area (Å²) in [5.74, 6) is 0. The largest absolute Gasteiger partial charge is 0.469 e. The van der Waals surface area contributed by atoms with E-state index in [-0.39, 0.29) is 5.25 Å². The van der Waals surface area contributed by atoms with E-state index in [1.165, 1.54) is 11.8 Å². The van der Waals surface area contributed by atoms with Gasteiger partial charge in [0.1, 0.15) is 0 Å². The van der Waals surface area contributed by atoms with Crippen LogP contribution in [0.5, 0.6) is 0 Å². The molecular formula is C5H13O4PS. The highest BCUT2D eigenvalue weighted by molar-refractivity contribution is 7.99. The van der Waals surface area contributed by atoms with Gasteiger partial charge >= 0.3 is 7.82 Å². The number of thioether (sulfide) groups is 1. The van der Waals surface area contributed by atoms with Crippen LogP contribution < -0.4 is 0 Å². The van der Waals surface area contributed by atoms with Crippen LogP contribution in [0, 0.1) is 0 Å². The lowest BCUT2D eigenvalue weighted by atomic mass is 10.3. The van der Waals surface area contributed by atoms with E-state index in [4.69, 9.17) is 9.79 Å². The Bertz CT molecular complexity index is 157. The Morgan fingerprint density at radius 1 is 1.45 bits per heavy atom. The van der Waals surface area contributed by atoms with E-state index in [2.05, 4.69) is 4.52 Å². The van der Waals surface area contributed by atoms with Gasteiger partial charge in [-0.3, -0.25) is 4.52 Å². The molecule has 0 aromatic heterocycles. The monoisotopic (exact) mass is 200 g/mol. The molecule has 0 bridgehead atoms. The lowest BCUT2D eigenvalue weighted by molar-refractivity contribution is 0.145. The van der Waals surface area contributed by atoms with Crippen molar-refractivity contribution in [3.63, 3.8) is 0 Å². The summed E-state index contributed by atoms with van der Waals surface area (Å²) in [6.07, 6.45) is 1.44. The Hall–Kier alpha value is 0.460. The molecule has 0 saturated carbocycles. The van der Waals surface area contributed by atoms with E-state index in [0.717, 1.165) is 0 Å². The van der Waals surface area contributed by atoms with Gasteiger partial charge in [0.25, 0.3) is 0 Å². The minimum absolute atomic E-state index is 0.0858. The lowest BCUT2D eigenvalue weighted by Crippen LogP contribution is -2.18. The van der Waals surface area contributed by atoms with Crippen molar-refractivity contribution in [2.24, 2.45) is 0 Å². The van der Waals surface area contributed by atoms with Crippen LogP contribution in [0.2, 0.25) is 0 Å². The summed E-state index contributed by atoms with van der Waals surface area (Å²) in [6, 6.07) is 0. The molecule has 0 aliphatic heterocycles. The fourth-order valence-electron chi connectivity index (χ4n) is 0.494. The third kappa shape index (κ3) is 5.70. The SMILES string of the molecule is CSC(C)C(C)OP(=O)(O)O. The van der Waals surface area contributed by atoms with Crippen LogP contribution >= 0.6 is 19.6 Å². The molecule has 2 N–H and O–H groups in total. The van der Waals surface area contributed by atoms with E-state index >= 15 is 0 Å². The summed E-state index contributed by atoms with van der Waals surface area (Å²) in [7, 11) is -4.30. The molecule has 2 atom stereocenters. The van der Waals surface area contributed by atoms with Gasteiger partial charge in [-0.15, -0.1) is 0 Å². The van der Waals surface area contributed by atoms with Crippen LogP contribution in [0.4, 0.5) is 0 Å². The molecule has 0 rings (SSSR count). The van der Waals surface area contributed by atoms with E-state index in [1.54, 1.807) is 6.92 Å². The maximum absolute atomic E-state index is 10.3. The molecule has 68 valence electrons. The Morgan fingerprint density at radius 2 is 1.91 bits per heavy atom. The molecule has 0 radical (unpaired) electrons. The van der Waals surface area contributed by atoms with Gasteiger partial charge in [-0.1, -0.05) is 6.92 Å². The van der Waals surface area contributed by atoms with Crippen molar-refractivity contribution in [3.8, 4) is 0 Å². The Balaban J connectivity index is 3.87. The number of rotatable bonds is 4. The quantitative estimate of drug-likeness (QED) is 0.668. The van der Waals surface area contributed by atoms with Gasteiger partial charge in [0, 0.05) is 5.25 Å². The normalized spacial score (nSPS) is 17.9. The van der Waals surface area contributed by atoms with Crippen LogP contribution in [-0.4, -0.2) is 27.4 Å². The van der Waals surface area contributed by atoms with Gasteiger partial charge in [0.2, 0.25) is 0 Å². The second-order valence-electron chi connectivity index (χ2n) is 2.24. The highest BCUT2D eigenvalue weighted by Gasteiger charge is 2.22. The lowest BCUT2D eigenvalue weighted by Gasteiger charge is -2.18. The molecule has 0 heterocycles. The van der Waals surface area contributed by atoms with Crippen LogP contribution in [-0.2, 0) is 9.09 Å². The van der Waals surface area contributed by atoms with Gasteiger partial charge in [-0.25, -0.2) is 4.57 Å². The molecule has 0 spiro atoms. The van der Waals surface area contributed by atoms with Crippen molar-refractivity contribution in [2.75, 3.05) is 6.26 Å². The Morgan fingerprint density at radius 3 is 2.18 bits per heavy atom. The molecule has 0 aliphatic rings. The summed E-state index contributed by atoms with van der Waals surface area (Å²) in [6.45, 7) is 3.49. The first-order valence-electron chi connectivity index (χ1n) is 3.13.